The van der Waals surface area contributed by atoms with Gasteiger partial charge in [0.25, 0.3) is 11.8 Å². The van der Waals surface area contributed by atoms with Crippen LogP contribution in [-0.2, 0) is 0 Å². The Kier molecular flexibility index (Phi) is 7.47. The number of ether oxygens (including phenoxy) is 2. The Morgan fingerprint density at radius 2 is 1.76 bits per heavy atom. The van der Waals surface area contributed by atoms with Crippen molar-refractivity contribution in [2.24, 2.45) is 0 Å². The van der Waals surface area contributed by atoms with Gasteiger partial charge >= 0.3 is 5.69 Å². The lowest BCUT2D eigenvalue weighted by Crippen LogP contribution is -2.14. The molecule has 2 N–H and O–H groups in total. The molecule has 170 valence electrons. The van der Waals surface area contributed by atoms with Crippen LogP contribution < -0.4 is 20.1 Å². The third-order valence-corrected chi connectivity index (χ3v) is 4.87. The third-order valence-electron chi connectivity index (χ3n) is 4.54. The zero-order valence-corrected chi connectivity index (χ0v) is 18.5. The maximum atomic E-state index is 12.6. The summed E-state index contributed by atoms with van der Waals surface area (Å²) >= 11 is 6.07. The number of nitro groups is 1. The Hall–Kier alpha value is -4.11. The predicted octanol–water partition coefficient (Wildman–Crippen LogP) is 5.16. The molecule has 0 aromatic heterocycles. The quantitative estimate of drug-likeness (QED) is 0.347. The van der Waals surface area contributed by atoms with E-state index in [0.717, 1.165) is 6.07 Å². The molecule has 0 saturated heterocycles. The smallest absolute Gasteiger partial charge is 0.311 e. The van der Waals surface area contributed by atoms with Crippen LogP contribution in [0.2, 0.25) is 5.02 Å². The number of amides is 2. The van der Waals surface area contributed by atoms with E-state index in [9.17, 15) is 19.7 Å². The van der Waals surface area contributed by atoms with Gasteiger partial charge in [-0.15, -0.1) is 0 Å². The largest absolute Gasteiger partial charge is 0.494 e. The van der Waals surface area contributed by atoms with Gasteiger partial charge in [0, 0.05) is 23.4 Å². The van der Waals surface area contributed by atoms with Crippen molar-refractivity contribution in [1.82, 2.24) is 0 Å². The summed E-state index contributed by atoms with van der Waals surface area (Å²) in [7, 11) is 1.42. The van der Waals surface area contributed by atoms with Crippen LogP contribution in [0.15, 0.2) is 60.7 Å². The minimum atomic E-state index is -0.610. The number of methoxy groups -OCH3 is 1. The van der Waals surface area contributed by atoms with Crippen molar-refractivity contribution < 1.29 is 24.0 Å². The maximum absolute atomic E-state index is 12.6. The highest BCUT2D eigenvalue weighted by atomic mass is 35.5. The molecule has 9 nitrogen and oxygen atoms in total. The molecule has 0 aliphatic rings. The lowest BCUT2D eigenvalue weighted by molar-refractivity contribution is -0.385. The number of carbonyl (C=O) groups excluding carboxylic acids is 2. The Morgan fingerprint density at radius 3 is 2.42 bits per heavy atom. The van der Waals surface area contributed by atoms with E-state index in [2.05, 4.69) is 10.6 Å². The molecule has 2 amide bonds. The predicted molar refractivity (Wildman–Crippen MR) is 125 cm³/mol. The second-order valence-electron chi connectivity index (χ2n) is 6.68. The van der Waals surface area contributed by atoms with Crippen molar-refractivity contribution >= 4 is 40.5 Å². The highest BCUT2D eigenvalue weighted by Gasteiger charge is 2.19. The highest BCUT2D eigenvalue weighted by Crippen LogP contribution is 2.31. The van der Waals surface area contributed by atoms with Gasteiger partial charge in [-0.3, -0.25) is 19.7 Å². The summed E-state index contributed by atoms with van der Waals surface area (Å²) in [6, 6.07) is 15.2. The SMILES string of the molecule is CCOc1ccc(C(=O)Nc2ccc(NC(=O)c3ccccc3Cl)c(OC)c2)cc1[N+](=O)[O-]. The number of rotatable bonds is 8. The fraction of sp³-hybridized carbons (Fsp3) is 0.130. The van der Waals surface area contributed by atoms with E-state index in [4.69, 9.17) is 21.1 Å². The van der Waals surface area contributed by atoms with Crippen LogP contribution in [0.3, 0.4) is 0 Å². The summed E-state index contributed by atoms with van der Waals surface area (Å²) in [6.45, 7) is 1.96. The topological polar surface area (TPSA) is 120 Å². The van der Waals surface area contributed by atoms with E-state index < -0.39 is 16.7 Å². The van der Waals surface area contributed by atoms with Crippen molar-refractivity contribution in [2.45, 2.75) is 6.92 Å². The maximum Gasteiger partial charge on any atom is 0.311 e. The molecule has 0 unspecified atom stereocenters. The minimum Gasteiger partial charge on any atom is -0.494 e. The Bertz CT molecular complexity index is 1210. The number of nitro benzene ring substituents is 1. The normalized spacial score (nSPS) is 10.3. The molecule has 0 heterocycles. The molecular weight excluding hydrogens is 450 g/mol. The van der Waals surface area contributed by atoms with Gasteiger partial charge in [0.1, 0.15) is 5.75 Å². The standard InChI is InChI=1S/C23H20ClN3O6/c1-3-33-20-11-8-14(12-19(20)27(30)31)22(28)25-15-9-10-18(21(13-15)32-2)26-23(29)16-6-4-5-7-17(16)24/h4-13H,3H2,1-2H3,(H,25,28)(H,26,29). The second-order valence-corrected chi connectivity index (χ2v) is 7.08. The third kappa shape index (κ3) is 5.58. The van der Waals surface area contributed by atoms with Gasteiger partial charge in [0.2, 0.25) is 0 Å². The summed E-state index contributed by atoms with van der Waals surface area (Å²) < 4.78 is 10.6. The van der Waals surface area contributed by atoms with Crippen molar-refractivity contribution in [1.29, 1.82) is 0 Å². The fourth-order valence-corrected chi connectivity index (χ4v) is 3.21. The molecule has 0 spiro atoms. The van der Waals surface area contributed by atoms with E-state index in [1.807, 2.05) is 0 Å². The van der Waals surface area contributed by atoms with E-state index in [1.165, 1.54) is 25.3 Å². The van der Waals surface area contributed by atoms with Gasteiger partial charge in [-0.05, 0) is 43.3 Å². The molecule has 33 heavy (non-hydrogen) atoms. The van der Waals surface area contributed by atoms with Crippen molar-refractivity contribution in [3.05, 3.63) is 86.9 Å². The molecule has 0 aliphatic heterocycles. The molecule has 0 fully saturated rings. The molecule has 0 radical (unpaired) electrons. The highest BCUT2D eigenvalue weighted by molar-refractivity contribution is 6.34. The van der Waals surface area contributed by atoms with E-state index in [0.29, 0.717) is 27.7 Å². The van der Waals surface area contributed by atoms with Crippen LogP contribution in [0, 0.1) is 10.1 Å². The molecule has 0 saturated carbocycles. The number of nitrogens with zero attached hydrogens (tertiary/aromatic N) is 1. The average molecular weight is 470 g/mol. The monoisotopic (exact) mass is 469 g/mol. The van der Waals surface area contributed by atoms with Crippen LogP contribution >= 0.6 is 11.6 Å². The first-order valence-electron chi connectivity index (χ1n) is 9.80. The lowest BCUT2D eigenvalue weighted by atomic mass is 10.1. The van der Waals surface area contributed by atoms with Crippen LogP contribution in [0.25, 0.3) is 0 Å². The van der Waals surface area contributed by atoms with Gasteiger partial charge in [-0.2, -0.15) is 0 Å². The molecule has 0 atom stereocenters. The molecule has 3 aromatic carbocycles. The van der Waals surface area contributed by atoms with Crippen LogP contribution in [0.5, 0.6) is 11.5 Å². The number of halogens is 1. The molecule has 0 aliphatic carbocycles. The van der Waals surface area contributed by atoms with Gasteiger partial charge < -0.3 is 20.1 Å². The number of benzene rings is 3. The van der Waals surface area contributed by atoms with Crippen LogP contribution in [-0.4, -0.2) is 30.5 Å². The zero-order valence-electron chi connectivity index (χ0n) is 17.8. The van der Waals surface area contributed by atoms with Gasteiger partial charge in [-0.1, -0.05) is 23.7 Å². The first-order chi connectivity index (χ1) is 15.8. The Morgan fingerprint density at radius 1 is 1.00 bits per heavy atom. The molecule has 3 aromatic rings. The lowest BCUT2D eigenvalue weighted by Gasteiger charge is -2.13. The number of hydrogen-bond donors (Lipinski definition) is 2. The van der Waals surface area contributed by atoms with E-state index >= 15 is 0 Å². The van der Waals surface area contributed by atoms with Crippen molar-refractivity contribution in [3.8, 4) is 11.5 Å². The van der Waals surface area contributed by atoms with Gasteiger partial charge in [0.05, 0.1) is 34.9 Å². The first-order valence-corrected chi connectivity index (χ1v) is 10.2. The second kappa shape index (κ2) is 10.5. The zero-order chi connectivity index (χ0) is 24.0. The molecular formula is C23H20ClN3O6. The first kappa shape index (κ1) is 23.6. The van der Waals surface area contributed by atoms with E-state index in [-0.39, 0.29) is 23.6 Å². The fourth-order valence-electron chi connectivity index (χ4n) is 2.99. The number of nitrogens with one attached hydrogen (secondary N) is 2. The van der Waals surface area contributed by atoms with Gasteiger partial charge in [-0.25, -0.2) is 0 Å². The van der Waals surface area contributed by atoms with Crippen LogP contribution in [0.1, 0.15) is 27.6 Å². The minimum absolute atomic E-state index is 0.0827. The Labute approximate surface area is 194 Å². The van der Waals surface area contributed by atoms with Crippen molar-refractivity contribution in [2.75, 3.05) is 24.4 Å². The van der Waals surface area contributed by atoms with Crippen molar-refractivity contribution in [3.63, 3.8) is 0 Å². The molecule has 10 heteroatoms. The summed E-state index contributed by atoms with van der Waals surface area (Å²) in [5.41, 5.74) is 0.817. The number of hydrogen-bond acceptors (Lipinski definition) is 6. The number of carbonyl (C=O) groups is 2. The summed E-state index contributed by atoms with van der Waals surface area (Å²) in [4.78, 5) is 35.9. The molecule has 0 bridgehead atoms. The summed E-state index contributed by atoms with van der Waals surface area (Å²) in [6.07, 6.45) is 0. The summed E-state index contributed by atoms with van der Waals surface area (Å²) in [5.74, 6) is -0.598. The molecule has 3 rings (SSSR count). The number of anilines is 2. The Balaban J connectivity index is 1.79. The van der Waals surface area contributed by atoms with E-state index in [1.54, 1.807) is 43.3 Å². The van der Waals surface area contributed by atoms with Crippen LogP contribution in [0.4, 0.5) is 17.1 Å². The average Bonchev–Trinajstić information content (AvgIpc) is 2.80. The van der Waals surface area contributed by atoms with Gasteiger partial charge in [0.15, 0.2) is 5.75 Å². The summed E-state index contributed by atoms with van der Waals surface area (Å²) in [5, 5.41) is 17.0.